The molecule has 1 saturated heterocycles. The zero-order valence-corrected chi connectivity index (χ0v) is 11.6. The first-order chi connectivity index (χ1) is 8.47. The molecular formula is C13H25N3O2. The zero-order valence-electron chi connectivity index (χ0n) is 11.6. The van der Waals surface area contributed by atoms with Gasteiger partial charge in [-0.2, -0.15) is 0 Å². The molecule has 0 aliphatic carbocycles. The van der Waals surface area contributed by atoms with Crippen LogP contribution in [0.1, 0.15) is 40.0 Å². The van der Waals surface area contributed by atoms with E-state index in [4.69, 9.17) is 5.73 Å². The number of nitrogens with one attached hydrogen (secondary N) is 1. The van der Waals surface area contributed by atoms with E-state index < -0.39 is 6.04 Å². The quantitative estimate of drug-likeness (QED) is 0.750. The maximum Gasteiger partial charge on any atom is 0.242 e. The average molecular weight is 255 g/mol. The van der Waals surface area contributed by atoms with Gasteiger partial charge < -0.3 is 16.0 Å². The Balaban J connectivity index is 2.39. The molecule has 1 aliphatic heterocycles. The topological polar surface area (TPSA) is 75.4 Å². The molecule has 2 amide bonds. The Hall–Kier alpha value is -1.10. The summed E-state index contributed by atoms with van der Waals surface area (Å²) in [6.07, 6.45) is 3.11. The van der Waals surface area contributed by atoms with E-state index in [1.807, 2.05) is 18.7 Å². The third kappa shape index (κ3) is 3.70. The van der Waals surface area contributed by atoms with Crippen molar-refractivity contribution in [2.24, 2.45) is 11.7 Å². The van der Waals surface area contributed by atoms with Gasteiger partial charge in [-0.25, -0.2) is 0 Å². The van der Waals surface area contributed by atoms with E-state index in [2.05, 4.69) is 12.2 Å². The van der Waals surface area contributed by atoms with Gasteiger partial charge in [0, 0.05) is 12.6 Å². The number of hydrogen-bond donors (Lipinski definition) is 2. The van der Waals surface area contributed by atoms with Crippen LogP contribution in [-0.2, 0) is 9.59 Å². The van der Waals surface area contributed by atoms with Crippen molar-refractivity contribution in [3.05, 3.63) is 0 Å². The number of likely N-dealkylation sites (tertiary alicyclic amines) is 1. The summed E-state index contributed by atoms with van der Waals surface area (Å²) in [5, 5.41) is 2.63. The highest BCUT2D eigenvalue weighted by molar-refractivity contribution is 5.87. The summed E-state index contributed by atoms with van der Waals surface area (Å²) in [5.74, 6) is -0.162. The summed E-state index contributed by atoms with van der Waals surface area (Å²) in [6.45, 7) is 6.74. The maximum absolute atomic E-state index is 12.0. The second-order valence-electron chi connectivity index (χ2n) is 5.28. The largest absolute Gasteiger partial charge is 0.346 e. The third-order valence-electron chi connectivity index (χ3n) is 3.60. The van der Waals surface area contributed by atoms with Gasteiger partial charge in [0.1, 0.15) is 0 Å². The van der Waals surface area contributed by atoms with Crippen molar-refractivity contribution >= 4 is 11.8 Å². The molecular weight excluding hydrogens is 230 g/mol. The molecule has 0 aromatic carbocycles. The first kappa shape index (κ1) is 15.0. The van der Waals surface area contributed by atoms with Gasteiger partial charge in [-0.15, -0.1) is 0 Å². The van der Waals surface area contributed by atoms with E-state index in [0.717, 1.165) is 25.8 Å². The second-order valence-corrected chi connectivity index (χ2v) is 5.28. The van der Waals surface area contributed by atoms with E-state index in [1.165, 1.54) is 0 Å². The van der Waals surface area contributed by atoms with E-state index >= 15 is 0 Å². The van der Waals surface area contributed by atoms with E-state index in [0.29, 0.717) is 6.04 Å². The van der Waals surface area contributed by atoms with Crippen LogP contribution >= 0.6 is 0 Å². The smallest absolute Gasteiger partial charge is 0.242 e. The maximum atomic E-state index is 12.0. The predicted molar refractivity (Wildman–Crippen MR) is 70.8 cm³/mol. The van der Waals surface area contributed by atoms with Crippen molar-refractivity contribution in [2.45, 2.75) is 52.1 Å². The van der Waals surface area contributed by atoms with Gasteiger partial charge in [0.05, 0.1) is 12.6 Å². The summed E-state index contributed by atoms with van der Waals surface area (Å²) in [6, 6.07) is -0.202. The SMILES string of the molecule is CCC1CCCN1C(=O)CNC(=O)[C@@H](N)C(C)C. The Morgan fingerprint density at radius 3 is 2.67 bits per heavy atom. The lowest BCUT2D eigenvalue weighted by molar-refractivity contribution is -0.134. The Labute approximate surface area is 109 Å². The van der Waals surface area contributed by atoms with Gasteiger partial charge in [0.15, 0.2) is 0 Å². The molecule has 1 heterocycles. The van der Waals surface area contributed by atoms with Gasteiger partial charge in [-0.3, -0.25) is 9.59 Å². The molecule has 0 aromatic rings. The molecule has 0 saturated carbocycles. The highest BCUT2D eigenvalue weighted by atomic mass is 16.2. The Kier molecular flexibility index (Phi) is 5.59. The Morgan fingerprint density at radius 1 is 1.44 bits per heavy atom. The molecule has 0 radical (unpaired) electrons. The fourth-order valence-corrected chi connectivity index (χ4v) is 2.27. The van der Waals surface area contributed by atoms with Gasteiger partial charge in [-0.1, -0.05) is 20.8 Å². The molecule has 18 heavy (non-hydrogen) atoms. The normalized spacial score (nSPS) is 21.2. The van der Waals surface area contributed by atoms with Gasteiger partial charge >= 0.3 is 0 Å². The summed E-state index contributed by atoms with van der Waals surface area (Å²) < 4.78 is 0. The van der Waals surface area contributed by atoms with Crippen molar-refractivity contribution < 1.29 is 9.59 Å². The number of rotatable bonds is 5. The summed E-state index contributed by atoms with van der Waals surface area (Å²) in [7, 11) is 0. The fraction of sp³-hybridized carbons (Fsp3) is 0.846. The molecule has 3 N–H and O–H groups in total. The molecule has 1 unspecified atom stereocenters. The van der Waals surface area contributed by atoms with E-state index in [9.17, 15) is 9.59 Å². The standard InChI is InChI=1S/C13H25N3O2/c1-4-10-6-5-7-16(10)11(17)8-15-13(18)12(14)9(2)3/h9-10,12H,4-8,14H2,1-3H3,(H,15,18)/t10?,12-/m0/s1. The fourth-order valence-electron chi connectivity index (χ4n) is 2.27. The first-order valence-corrected chi connectivity index (χ1v) is 6.80. The molecule has 5 heteroatoms. The molecule has 1 fully saturated rings. The van der Waals surface area contributed by atoms with Gasteiger partial charge in [0.25, 0.3) is 0 Å². The van der Waals surface area contributed by atoms with E-state index in [1.54, 1.807) is 0 Å². The van der Waals surface area contributed by atoms with Crippen LogP contribution in [0, 0.1) is 5.92 Å². The number of carbonyl (C=O) groups is 2. The predicted octanol–water partition coefficient (Wildman–Crippen LogP) is 0.487. The first-order valence-electron chi connectivity index (χ1n) is 6.80. The van der Waals surface area contributed by atoms with Gasteiger partial charge in [0.2, 0.25) is 11.8 Å². The summed E-state index contributed by atoms with van der Waals surface area (Å²) in [5.41, 5.74) is 5.72. The minimum absolute atomic E-state index is 0.00339. The minimum atomic E-state index is -0.543. The monoisotopic (exact) mass is 255 g/mol. The molecule has 0 spiro atoms. The number of carbonyl (C=O) groups excluding carboxylic acids is 2. The molecule has 1 aliphatic rings. The van der Waals surface area contributed by atoms with E-state index in [-0.39, 0.29) is 24.3 Å². The van der Waals surface area contributed by atoms with Crippen LogP contribution in [0.4, 0.5) is 0 Å². The Bertz CT molecular complexity index is 305. The second kappa shape index (κ2) is 6.73. The molecule has 104 valence electrons. The van der Waals surface area contributed by atoms with Crippen LogP contribution in [0.5, 0.6) is 0 Å². The van der Waals surface area contributed by atoms with Crippen molar-refractivity contribution in [2.75, 3.05) is 13.1 Å². The molecule has 2 atom stereocenters. The van der Waals surface area contributed by atoms with Crippen molar-refractivity contribution in [1.82, 2.24) is 10.2 Å². The van der Waals surface area contributed by atoms with Crippen LogP contribution < -0.4 is 11.1 Å². The summed E-state index contributed by atoms with van der Waals surface area (Å²) >= 11 is 0. The number of amides is 2. The Morgan fingerprint density at radius 2 is 2.11 bits per heavy atom. The van der Waals surface area contributed by atoms with Crippen molar-refractivity contribution in [1.29, 1.82) is 0 Å². The molecule has 0 bridgehead atoms. The van der Waals surface area contributed by atoms with Crippen molar-refractivity contribution in [3.63, 3.8) is 0 Å². The van der Waals surface area contributed by atoms with Crippen LogP contribution in [-0.4, -0.2) is 41.9 Å². The van der Waals surface area contributed by atoms with Crippen LogP contribution in [0.25, 0.3) is 0 Å². The average Bonchev–Trinajstić information content (AvgIpc) is 2.82. The van der Waals surface area contributed by atoms with Crippen LogP contribution in [0.3, 0.4) is 0 Å². The third-order valence-corrected chi connectivity index (χ3v) is 3.60. The lowest BCUT2D eigenvalue weighted by atomic mass is 10.1. The number of nitrogens with two attached hydrogens (primary N) is 1. The minimum Gasteiger partial charge on any atom is -0.346 e. The highest BCUT2D eigenvalue weighted by Gasteiger charge is 2.27. The number of hydrogen-bond acceptors (Lipinski definition) is 3. The van der Waals surface area contributed by atoms with Crippen LogP contribution in [0.15, 0.2) is 0 Å². The van der Waals surface area contributed by atoms with Crippen molar-refractivity contribution in [3.8, 4) is 0 Å². The lowest BCUT2D eigenvalue weighted by Gasteiger charge is -2.24. The summed E-state index contributed by atoms with van der Waals surface area (Å²) in [4.78, 5) is 25.5. The molecule has 5 nitrogen and oxygen atoms in total. The molecule has 0 aromatic heterocycles. The number of nitrogens with zero attached hydrogens (tertiary/aromatic N) is 1. The lowest BCUT2D eigenvalue weighted by Crippen LogP contribution is -2.48. The molecule has 1 rings (SSSR count). The van der Waals surface area contributed by atoms with Gasteiger partial charge in [-0.05, 0) is 25.2 Å². The van der Waals surface area contributed by atoms with Crippen LogP contribution in [0.2, 0.25) is 0 Å². The highest BCUT2D eigenvalue weighted by Crippen LogP contribution is 2.19. The zero-order chi connectivity index (χ0) is 13.7.